The average Bonchev–Trinajstić information content (AvgIpc) is 2.07. The fourth-order valence-corrected chi connectivity index (χ4v) is 2.51. The van der Waals surface area contributed by atoms with Crippen molar-refractivity contribution >= 4 is 34.0 Å². The van der Waals surface area contributed by atoms with Crippen molar-refractivity contribution in [3.8, 4) is 0 Å². The molecule has 1 aromatic heterocycles. The van der Waals surface area contributed by atoms with E-state index in [-0.39, 0.29) is 16.9 Å². The normalized spacial score (nSPS) is 20.1. The predicted octanol–water partition coefficient (Wildman–Crippen LogP) is 0.498. The van der Waals surface area contributed by atoms with Crippen LogP contribution in [0.5, 0.6) is 0 Å². The van der Waals surface area contributed by atoms with Crippen molar-refractivity contribution in [2.24, 2.45) is 0 Å². The Morgan fingerprint density at radius 1 is 1.50 bits per heavy atom. The number of fused-ring (bicyclic) bond motifs is 1. The predicted molar refractivity (Wildman–Crippen MR) is 51.7 cm³/mol. The molecule has 0 aliphatic carbocycles. The molecule has 1 aliphatic heterocycles. The summed E-state index contributed by atoms with van der Waals surface area (Å²) >= 11 is 5.61. The van der Waals surface area contributed by atoms with Gasteiger partial charge in [0.15, 0.2) is 5.03 Å². The number of nitrogens with one attached hydrogen (secondary N) is 1. The molecule has 1 atom stereocenters. The van der Waals surface area contributed by atoms with Gasteiger partial charge < -0.3 is 5.32 Å². The monoisotopic (exact) mass is 231 g/mol. The molecule has 14 heavy (non-hydrogen) atoms. The number of rotatable bonds is 0. The lowest BCUT2D eigenvalue weighted by atomic mass is 10.3. The molecular weight excluding hydrogens is 226 g/mol. The van der Waals surface area contributed by atoms with Crippen molar-refractivity contribution in [3.63, 3.8) is 0 Å². The molecule has 2 heterocycles. The summed E-state index contributed by atoms with van der Waals surface area (Å²) < 4.78 is 11.5. The molecule has 74 valence electrons. The number of carbonyl (C=O) groups excluding carboxylic acids is 1. The zero-order valence-corrected chi connectivity index (χ0v) is 8.78. The summed E-state index contributed by atoms with van der Waals surface area (Å²) in [4.78, 5) is 18.8. The van der Waals surface area contributed by atoms with Crippen LogP contribution >= 0.6 is 11.6 Å². The first-order valence-electron chi connectivity index (χ1n) is 3.80. The Labute approximate surface area is 87.3 Å². The van der Waals surface area contributed by atoms with Crippen molar-refractivity contribution in [1.29, 1.82) is 0 Å². The maximum atomic E-state index is 11.5. The van der Waals surface area contributed by atoms with Gasteiger partial charge in [-0.25, -0.2) is 9.97 Å². The fraction of sp³-hybridized carbons (Fsp3) is 0.286. The highest BCUT2D eigenvalue weighted by atomic mass is 35.5. The summed E-state index contributed by atoms with van der Waals surface area (Å²) in [7, 11) is -1.41. The van der Waals surface area contributed by atoms with Gasteiger partial charge in [-0.05, 0) is 18.5 Å². The maximum absolute atomic E-state index is 11.5. The molecule has 1 N–H and O–H groups in total. The lowest BCUT2D eigenvalue weighted by Crippen LogP contribution is -2.27. The minimum absolute atomic E-state index is 0.0470. The van der Waals surface area contributed by atoms with Crippen LogP contribution in [0.2, 0.25) is 5.28 Å². The van der Waals surface area contributed by atoms with Crippen LogP contribution in [-0.2, 0) is 15.6 Å². The molecule has 0 fully saturated rings. The Hall–Kier alpha value is -1.01. The number of carbonyl (C=O) groups is 1. The van der Waals surface area contributed by atoms with E-state index in [1.807, 2.05) is 0 Å². The molecule has 0 aromatic carbocycles. The minimum Gasteiger partial charge on any atom is -0.321 e. The summed E-state index contributed by atoms with van der Waals surface area (Å²) in [6.07, 6.45) is 0. The van der Waals surface area contributed by atoms with Crippen LogP contribution < -0.4 is 5.32 Å². The van der Waals surface area contributed by atoms with Gasteiger partial charge in [-0.15, -0.1) is 0 Å². The first-order valence-corrected chi connectivity index (χ1v) is 5.50. The number of amides is 1. The van der Waals surface area contributed by atoms with Crippen molar-refractivity contribution in [1.82, 2.24) is 9.97 Å². The molecule has 2 rings (SSSR count). The van der Waals surface area contributed by atoms with Crippen molar-refractivity contribution in [2.75, 3.05) is 11.1 Å². The Kier molecular flexibility index (Phi) is 2.24. The second-order valence-electron chi connectivity index (χ2n) is 2.80. The number of hydrogen-bond donors (Lipinski definition) is 1. The third-order valence-corrected chi connectivity index (χ3v) is 3.19. The van der Waals surface area contributed by atoms with E-state index in [9.17, 15) is 9.00 Å². The fourth-order valence-electron chi connectivity index (χ4n) is 1.19. The van der Waals surface area contributed by atoms with Gasteiger partial charge in [0, 0.05) is 0 Å². The maximum Gasteiger partial charge on any atom is 0.237 e. The van der Waals surface area contributed by atoms with E-state index in [2.05, 4.69) is 15.3 Å². The second kappa shape index (κ2) is 3.29. The number of anilines is 1. The average molecular weight is 232 g/mol. The van der Waals surface area contributed by atoms with Crippen LogP contribution in [0.4, 0.5) is 5.69 Å². The molecule has 7 heteroatoms. The van der Waals surface area contributed by atoms with Crippen LogP contribution in [0.1, 0.15) is 5.69 Å². The summed E-state index contributed by atoms with van der Waals surface area (Å²) in [5, 5.41) is 2.92. The van der Waals surface area contributed by atoms with E-state index in [0.29, 0.717) is 16.4 Å². The summed E-state index contributed by atoms with van der Waals surface area (Å²) in [6, 6.07) is 0. The number of nitrogens with zero attached hydrogens (tertiary/aromatic N) is 2. The van der Waals surface area contributed by atoms with Crippen molar-refractivity contribution < 1.29 is 9.00 Å². The number of aromatic nitrogens is 2. The van der Waals surface area contributed by atoms with E-state index >= 15 is 0 Å². The van der Waals surface area contributed by atoms with Crippen LogP contribution in [-0.4, -0.2) is 25.8 Å². The number of aryl methyl sites for hydroxylation is 1. The molecule has 0 saturated carbocycles. The topological polar surface area (TPSA) is 72.0 Å². The SMILES string of the molecule is Cc1nc(Cl)nc2c1NC(=O)CS2=O. The quantitative estimate of drug-likeness (QED) is 0.521. The first-order chi connectivity index (χ1) is 6.58. The van der Waals surface area contributed by atoms with Gasteiger partial charge in [-0.1, -0.05) is 0 Å². The molecule has 1 aromatic rings. The van der Waals surface area contributed by atoms with Crippen LogP contribution in [0.25, 0.3) is 0 Å². The minimum atomic E-state index is -1.41. The molecule has 5 nitrogen and oxygen atoms in total. The van der Waals surface area contributed by atoms with Gasteiger partial charge in [-0.3, -0.25) is 9.00 Å². The zero-order valence-electron chi connectivity index (χ0n) is 7.20. The Morgan fingerprint density at radius 3 is 2.93 bits per heavy atom. The van der Waals surface area contributed by atoms with Crippen LogP contribution in [0.15, 0.2) is 5.03 Å². The Morgan fingerprint density at radius 2 is 2.21 bits per heavy atom. The van der Waals surface area contributed by atoms with E-state index in [0.717, 1.165) is 0 Å². The highest BCUT2D eigenvalue weighted by molar-refractivity contribution is 7.86. The highest BCUT2D eigenvalue weighted by Gasteiger charge is 2.25. The highest BCUT2D eigenvalue weighted by Crippen LogP contribution is 2.25. The first kappa shape index (κ1) is 9.54. The molecule has 1 amide bonds. The summed E-state index contributed by atoms with van der Waals surface area (Å²) in [5.41, 5.74) is 0.949. The van der Waals surface area contributed by atoms with E-state index < -0.39 is 10.8 Å². The molecule has 0 spiro atoms. The molecular formula is C7H6ClN3O2S. The standard InChI is InChI=1S/C7H6ClN3O2S/c1-3-5-6(11-7(8)9-3)14(13)2-4(12)10-5/h2H2,1H3,(H,10,12). The van der Waals surface area contributed by atoms with Gasteiger partial charge in [-0.2, -0.15) is 0 Å². The third-order valence-electron chi connectivity index (χ3n) is 1.77. The molecule has 1 unspecified atom stereocenters. The van der Waals surface area contributed by atoms with Crippen molar-refractivity contribution in [2.45, 2.75) is 11.9 Å². The van der Waals surface area contributed by atoms with Gasteiger partial charge in [0.25, 0.3) is 0 Å². The van der Waals surface area contributed by atoms with E-state index in [1.165, 1.54) is 0 Å². The van der Waals surface area contributed by atoms with Gasteiger partial charge in [0.1, 0.15) is 5.75 Å². The smallest absolute Gasteiger partial charge is 0.237 e. The summed E-state index contributed by atoms with van der Waals surface area (Å²) in [6.45, 7) is 1.68. The number of halogens is 1. The summed E-state index contributed by atoms with van der Waals surface area (Å²) in [5.74, 6) is -0.357. The Bertz CT molecular complexity index is 449. The van der Waals surface area contributed by atoms with Crippen LogP contribution in [0, 0.1) is 6.92 Å². The number of hydrogen-bond acceptors (Lipinski definition) is 4. The molecule has 0 bridgehead atoms. The molecule has 0 radical (unpaired) electrons. The van der Waals surface area contributed by atoms with Gasteiger partial charge in [0.2, 0.25) is 11.2 Å². The Balaban J connectivity index is 2.64. The molecule has 0 saturated heterocycles. The van der Waals surface area contributed by atoms with E-state index in [1.54, 1.807) is 6.92 Å². The van der Waals surface area contributed by atoms with Crippen molar-refractivity contribution in [3.05, 3.63) is 11.0 Å². The van der Waals surface area contributed by atoms with Gasteiger partial charge in [0.05, 0.1) is 22.2 Å². The van der Waals surface area contributed by atoms with Gasteiger partial charge >= 0.3 is 0 Å². The second-order valence-corrected chi connectivity index (χ2v) is 4.50. The zero-order chi connectivity index (χ0) is 10.3. The lowest BCUT2D eigenvalue weighted by Gasteiger charge is -2.16. The lowest BCUT2D eigenvalue weighted by molar-refractivity contribution is -0.114. The van der Waals surface area contributed by atoms with Crippen LogP contribution in [0.3, 0.4) is 0 Å². The van der Waals surface area contributed by atoms with E-state index in [4.69, 9.17) is 11.6 Å². The molecule has 1 aliphatic rings. The largest absolute Gasteiger partial charge is 0.321 e. The third kappa shape index (κ3) is 1.51.